The number of nitrogens with zero attached hydrogens (tertiary/aromatic N) is 2. The summed E-state index contributed by atoms with van der Waals surface area (Å²) in [6, 6.07) is 20.0. The van der Waals surface area contributed by atoms with Crippen molar-refractivity contribution < 1.29 is 13.2 Å². The topological polar surface area (TPSA) is 127 Å². The van der Waals surface area contributed by atoms with Crippen molar-refractivity contribution in [1.82, 2.24) is 9.97 Å². The molecule has 8 nitrogen and oxygen atoms in total. The molecule has 0 unspecified atom stereocenters. The van der Waals surface area contributed by atoms with Gasteiger partial charge in [0.1, 0.15) is 5.82 Å². The van der Waals surface area contributed by atoms with Crippen LogP contribution in [0.4, 0.5) is 17.2 Å². The fourth-order valence-corrected chi connectivity index (χ4v) is 4.03. The third-order valence-corrected chi connectivity index (χ3v) is 6.28. The zero-order valence-corrected chi connectivity index (χ0v) is 19.2. The van der Waals surface area contributed by atoms with Crippen LogP contribution in [0.2, 0.25) is 0 Å². The minimum Gasteiger partial charge on any atom is -0.380 e. The number of carbonyl (C=O) groups is 1. The van der Waals surface area contributed by atoms with E-state index in [2.05, 4.69) is 26.7 Å². The summed E-state index contributed by atoms with van der Waals surface area (Å²) in [6.45, 7) is 0.464. The van der Waals surface area contributed by atoms with Gasteiger partial charge >= 0.3 is 0 Å². The number of pyridine rings is 2. The van der Waals surface area contributed by atoms with Gasteiger partial charge in [-0.3, -0.25) is 9.78 Å². The second-order valence-electron chi connectivity index (χ2n) is 7.69. The van der Waals surface area contributed by atoms with Crippen LogP contribution in [0.25, 0.3) is 11.1 Å². The first-order chi connectivity index (χ1) is 16.3. The van der Waals surface area contributed by atoms with E-state index in [4.69, 9.17) is 5.73 Å². The van der Waals surface area contributed by atoms with Gasteiger partial charge in [0.25, 0.3) is 5.91 Å². The number of benzene rings is 2. The summed E-state index contributed by atoms with van der Waals surface area (Å²) < 4.78 is 23.3. The van der Waals surface area contributed by atoms with E-state index in [0.717, 1.165) is 22.9 Å². The number of primary amides is 1. The number of amides is 1. The normalized spacial score (nSPS) is 11.1. The molecular weight excluding hydrogens is 450 g/mol. The van der Waals surface area contributed by atoms with Crippen LogP contribution in [-0.4, -0.2) is 30.5 Å². The summed E-state index contributed by atoms with van der Waals surface area (Å²) in [5, 5.41) is 6.39. The summed E-state index contributed by atoms with van der Waals surface area (Å²) in [4.78, 5) is 20.5. The lowest BCUT2D eigenvalue weighted by Gasteiger charge is -2.13. The highest BCUT2D eigenvalue weighted by Crippen LogP contribution is 2.24. The standard InChI is InChI=1S/C25H23N5O3S/c1-34(32,33)21-7-5-20(6-8-21)30-24-14-23(22(16-29-24)25(26)31)28-15-17-3-2-4-19(13-17)18-9-11-27-12-10-18/h2-14,16H,15H2,1H3,(H2,26,31)(H2,28,29,30). The molecule has 172 valence electrons. The minimum absolute atomic E-state index is 0.228. The predicted octanol–water partition coefficient (Wildman–Crippen LogP) is 4.00. The molecule has 34 heavy (non-hydrogen) atoms. The Morgan fingerprint density at radius 2 is 1.71 bits per heavy atom. The SMILES string of the molecule is CS(=O)(=O)c1ccc(Nc2cc(NCc3cccc(-c4ccncc4)c3)c(C(N)=O)cn2)cc1. The van der Waals surface area contributed by atoms with Crippen molar-refractivity contribution in [3.05, 3.63) is 96.4 Å². The highest BCUT2D eigenvalue weighted by molar-refractivity contribution is 7.90. The molecule has 2 aromatic heterocycles. The Hall–Kier alpha value is -4.24. The van der Waals surface area contributed by atoms with Gasteiger partial charge in [-0.1, -0.05) is 18.2 Å². The van der Waals surface area contributed by atoms with Crippen LogP contribution in [0.3, 0.4) is 0 Å². The molecule has 0 spiro atoms. The maximum Gasteiger partial charge on any atom is 0.252 e. The molecule has 1 amide bonds. The average Bonchev–Trinajstić information content (AvgIpc) is 2.83. The van der Waals surface area contributed by atoms with E-state index in [1.165, 1.54) is 18.3 Å². The summed E-state index contributed by atoms with van der Waals surface area (Å²) in [7, 11) is -3.28. The average molecular weight is 474 g/mol. The van der Waals surface area contributed by atoms with E-state index in [1.807, 2.05) is 30.3 Å². The summed E-state index contributed by atoms with van der Waals surface area (Å²) in [6.07, 6.45) is 6.06. The second-order valence-corrected chi connectivity index (χ2v) is 9.71. The lowest BCUT2D eigenvalue weighted by atomic mass is 10.0. The molecule has 4 rings (SSSR count). The van der Waals surface area contributed by atoms with E-state index < -0.39 is 15.7 Å². The van der Waals surface area contributed by atoms with E-state index in [-0.39, 0.29) is 10.5 Å². The summed E-state index contributed by atoms with van der Waals surface area (Å²) in [5.41, 5.74) is 10.1. The number of hydrogen-bond donors (Lipinski definition) is 3. The number of aromatic nitrogens is 2. The van der Waals surface area contributed by atoms with Gasteiger partial charge in [-0.25, -0.2) is 13.4 Å². The fourth-order valence-electron chi connectivity index (χ4n) is 3.40. The first kappa shape index (κ1) is 22.9. The Labute approximate surface area is 197 Å². The molecule has 0 fully saturated rings. The van der Waals surface area contributed by atoms with Gasteiger partial charge in [-0.15, -0.1) is 0 Å². The molecule has 2 heterocycles. The van der Waals surface area contributed by atoms with Crippen LogP contribution in [-0.2, 0) is 16.4 Å². The molecule has 0 bridgehead atoms. The molecule has 9 heteroatoms. The van der Waals surface area contributed by atoms with Gasteiger partial charge in [0.2, 0.25) is 0 Å². The van der Waals surface area contributed by atoms with Crippen LogP contribution < -0.4 is 16.4 Å². The Balaban J connectivity index is 1.53. The van der Waals surface area contributed by atoms with Crippen molar-refractivity contribution in [2.75, 3.05) is 16.9 Å². The smallest absolute Gasteiger partial charge is 0.252 e. The maximum atomic E-state index is 11.9. The molecule has 0 aliphatic rings. The quantitative estimate of drug-likeness (QED) is 0.353. The largest absolute Gasteiger partial charge is 0.380 e. The van der Waals surface area contributed by atoms with Crippen LogP contribution in [0.15, 0.2) is 90.2 Å². The van der Waals surface area contributed by atoms with Crippen molar-refractivity contribution in [3.63, 3.8) is 0 Å². The molecular formula is C25H23N5O3S. The van der Waals surface area contributed by atoms with E-state index in [0.29, 0.717) is 23.7 Å². The summed E-state index contributed by atoms with van der Waals surface area (Å²) in [5.74, 6) is -0.116. The monoisotopic (exact) mass is 473 g/mol. The number of carbonyl (C=O) groups excluding carboxylic acids is 1. The maximum absolute atomic E-state index is 11.9. The number of rotatable bonds is 8. The number of hydrogen-bond acceptors (Lipinski definition) is 7. The Kier molecular flexibility index (Phi) is 6.55. The van der Waals surface area contributed by atoms with Gasteiger partial charge in [-0.2, -0.15) is 0 Å². The Morgan fingerprint density at radius 1 is 0.971 bits per heavy atom. The Bertz CT molecular complexity index is 1420. The zero-order chi connectivity index (χ0) is 24.1. The molecule has 4 aromatic rings. The molecule has 0 saturated carbocycles. The van der Waals surface area contributed by atoms with Gasteiger partial charge in [-0.05, 0) is 59.2 Å². The first-order valence-corrected chi connectivity index (χ1v) is 12.3. The molecule has 0 atom stereocenters. The lowest BCUT2D eigenvalue weighted by molar-refractivity contribution is 0.100. The van der Waals surface area contributed by atoms with E-state index >= 15 is 0 Å². The Morgan fingerprint density at radius 3 is 2.38 bits per heavy atom. The highest BCUT2D eigenvalue weighted by Gasteiger charge is 2.12. The highest BCUT2D eigenvalue weighted by atomic mass is 32.2. The van der Waals surface area contributed by atoms with Gasteiger partial charge in [0.15, 0.2) is 9.84 Å². The number of sulfone groups is 1. The van der Waals surface area contributed by atoms with Crippen LogP contribution >= 0.6 is 0 Å². The summed E-state index contributed by atoms with van der Waals surface area (Å²) >= 11 is 0. The van der Waals surface area contributed by atoms with Gasteiger partial charge < -0.3 is 16.4 Å². The van der Waals surface area contributed by atoms with Crippen molar-refractivity contribution >= 4 is 32.9 Å². The van der Waals surface area contributed by atoms with Gasteiger partial charge in [0, 0.05) is 43.1 Å². The van der Waals surface area contributed by atoms with Crippen LogP contribution in [0.5, 0.6) is 0 Å². The van der Waals surface area contributed by atoms with Crippen molar-refractivity contribution in [2.45, 2.75) is 11.4 Å². The van der Waals surface area contributed by atoms with Crippen LogP contribution in [0.1, 0.15) is 15.9 Å². The lowest BCUT2D eigenvalue weighted by Crippen LogP contribution is -2.15. The third kappa shape index (κ3) is 5.57. The first-order valence-electron chi connectivity index (χ1n) is 10.4. The number of nitrogens with two attached hydrogens (primary N) is 1. The molecule has 0 radical (unpaired) electrons. The molecule has 2 aromatic carbocycles. The van der Waals surface area contributed by atoms with E-state index in [9.17, 15) is 13.2 Å². The minimum atomic E-state index is -3.28. The molecule has 0 aliphatic carbocycles. The van der Waals surface area contributed by atoms with Crippen molar-refractivity contribution in [3.8, 4) is 11.1 Å². The molecule has 0 saturated heterocycles. The fraction of sp³-hybridized carbons (Fsp3) is 0.0800. The second kappa shape index (κ2) is 9.72. The van der Waals surface area contributed by atoms with E-state index in [1.54, 1.807) is 30.6 Å². The van der Waals surface area contributed by atoms with Crippen molar-refractivity contribution in [1.29, 1.82) is 0 Å². The molecule has 0 aliphatic heterocycles. The van der Waals surface area contributed by atoms with Crippen molar-refractivity contribution in [2.24, 2.45) is 5.73 Å². The predicted molar refractivity (Wildman–Crippen MR) is 133 cm³/mol. The van der Waals surface area contributed by atoms with Crippen LogP contribution in [0, 0.1) is 0 Å². The zero-order valence-electron chi connectivity index (χ0n) is 18.4. The third-order valence-electron chi connectivity index (χ3n) is 5.15. The number of nitrogens with one attached hydrogen (secondary N) is 2. The van der Waals surface area contributed by atoms with Gasteiger partial charge in [0.05, 0.1) is 16.1 Å². The molecule has 4 N–H and O–H groups in total. The number of anilines is 3.